The molecule has 0 bridgehead atoms. The van der Waals surface area contributed by atoms with Crippen molar-refractivity contribution in [3.8, 4) is 0 Å². The predicted octanol–water partition coefficient (Wildman–Crippen LogP) is 2.09. The Bertz CT molecular complexity index is 1050. The predicted molar refractivity (Wildman–Crippen MR) is 101 cm³/mol. The maximum Gasteiger partial charge on any atom is 0.340 e. The second-order valence-electron chi connectivity index (χ2n) is 6.08. The number of nitrogens with one attached hydrogen (secondary N) is 1. The van der Waals surface area contributed by atoms with E-state index in [2.05, 4.69) is 4.72 Å². The third kappa shape index (κ3) is 4.36. The smallest absolute Gasteiger partial charge is 0.340 e. The Morgan fingerprint density at radius 2 is 1.85 bits per heavy atom. The number of hydrogen-bond donors (Lipinski definition) is 1. The van der Waals surface area contributed by atoms with Gasteiger partial charge in [-0.3, -0.25) is 4.72 Å². The Kier molecular flexibility index (Phi) is 5.67. The number of nitrogens with zero attached hydrogens (tertiary/aromatic N) is 1. The quantitative estimate of drug-likeness (QED) is 0.561. The maximum atomic E-state index is 12.5. The Morgan fingerprint density at radius 1 is 1.19 bits per heavy atom. The van der Waals surface area contributed by atoms with E-state index in [-0.39, 0.29) is 29.1 Å². The van der Waals surface area contributed by atoms with Crippen LogP contribution in [0.2, 0.25) is 0 Å². The van der Waals surface area contributed by atoms with Gasteiger partial charge in [0.1, 0.15) is 0 Å². The summed E-state index contributed by atoms with van der Waals surface area (Å²) in [6.07, 6.45) is 3.58. The van der Waals surface area contributed by atoms with Gasteiger partial charge in [-0.2, -0.15) is 0 Å². The zero-order chi connectivity index (χ0) is 19.7. The maximum absolute atomic E-state index is 12.5. The van der Waals surface area contributed by atoms with Gasteiger partial charge in [0.2, 0.25) is 20.0 Å². The van der Waals surface area contributed by atoms with E-state index in [0.29, 0.717) is 11.8 Å². The van der Waals surface area contributed by atoms with Crippen molar-refractivity contribution in [2.24, 2.45) is 0 Å². The molecule has 0 aliphatic rings. The van der Waals surface area contributed by atoms with Gasteiger partial charge in [-0.1, -0.05) is 13.3 Å². The molecular weight excluding hydrogens is 380 g/mol. The van der Waals surface area contributed by atoms with Gasteiger partial charge >= 0.3 is 5.97 Å². The van der Waals surface area contributed by atoms with Crippen LogP contribution >= 0.6 is 0 Å². The first-order valence-electron chi connectivity index (χ1n) is 7.96. The number of benzene rings is 1. The van der Waals surface area contributed by atoms with Gasteiger partial charge in [0.05, 0.1) is 30.2 Å². The van der Waals surface area contributed by atoms with Crippen molar-refractivity contribution in [2.45, 2.75) is 26.7 Å². The molecule has 10 heteroatoms. The van der Waals surface area contributed by atoms with Crippen molar-refractivity contribution in [3.05, 3.63) is 29.5 Å². The minimum absolute atomic E-state index is 0.110. The van der Waals surface area contributed by atoms with Crippen LogP contribution in [0.1, 0.15) is 35.8 Å². The molecule has 0 aliphatic heterocycles. The standard InChI is InChI=1S/C16H22N2O6S2/c1-5-6-9-24-16(19)15-11(2)18(26(4,22)23)14-8-7-12(10-13(14)15)17-25(3,20)21/h7-8,10,17H,5-6,9H2,1-4H3. The summed E-state index contributed by atoms with van der Waals surface area (Å²) in [7, 11) is -7.20. The lowest BCUT2D eigenvalue weighted by molar-refractivity contribution is 0.0501. The number of esters is 1. The fourth-order valence-corrected chi connectivity index (χ4v) is 4.39. The first-order chi connectivity index (χ1) is 12.0. The number of hydrogen-bond acceptors (Lipinski definition) is 6. The van der Waals surface area contributed by atoms with Gasteiger partial charge in [-0.15, -0.1) is 0 Å². The molecule has 2 aromatic rings. The van der Waals surface area contributed by atoms with Crippen molar-refractivity contribution in [1.29, 1.82) is 0 Å². The molecule has 0 radical (unpaired) electrons. The van der Waals surface area contributed by atoms with Crippen molar-refractivity contribution in [2.75, 3.05) is 23.8 Å². The molecule has 0 atom stereocenters. The average Bonchev–Trinajstić information content (AvgIpc) is 2.76. The van der Waals surface area contributed by atoms with Crippen LogP contribution in [-0.4, -0.2) is 45.9 Å². The topological polar surface area (TPSA) is 112 Å². The highest BCUT2D eigenvalue weighted by molar-refractivity contribution is 7.92. The lowest BCUT2D eigenvalue weighted by atomic mass is 10.1. The molecule has 0 spiro atoms. The summed E-state index contributed by atoms with van der Waals surface area (Å²) in [4.78, 5) is 12.5. The lowest BCUT2D eigenvalue weighted by Gasteiger charge is -2.06. The van der Waals surface area contributed by atoms with Gasteiger partial charge < -0.3 is 4.74 Å². The zero-order valence-corrected chi connectivity index (χ0v) is 16.7. The summed E-state index contributed by atoms with van der Waals surface area (Å²) in [6, 6.07) is 4.33. The highest BCUT2D eigenvalue weighted by Crippen LogP contribution is 2.30. The van der Waals surface area contributed by atoms with Gasteiger partial charge in [0.15, 0.2) is 0 Å². The number of unbranched alkanes of at least 4 members (excludes halogenated alkanes) is 1. The second kappa shape index (κ2) is 7.28. The van der Waals surface area contributed by atoms with Crippen LogP contribution in [0.3, 0.4) is 0 Å². The second-order valence-corrected chi connectivity index (χ2v) is 9.66. The SMILES string of the molecule is CCCCOC(=O)c1c(C)n(S(C)(=O)=O)c2ccc(NS(C)(=O)=O)cc12. The van der Waals surface area contributed by atoms with Crippen LogP contribution in [0.15, 0.2) is 18.2 Å². The number of rotatable bonds is 7. The van der Waals surface area contributed by atoms with E-state index in [0.717, 1.165) is 22.9 Å². The number of anilines is 1. The minimum atomic E-state index is -3.68. The average molecular weight is 402 g/mol. The Hall–Kier alpha value is -2.07. The largest absolute Gasteiger partial charge is 0.462 e. The van der Waals surface area contributed by atoms with Gasteiger partial charge in [0, 0.05) is 16.8 Å². The molecule has 0 aliphatic carbocycles. The fourth-order valence-electron chi connectivity index (χ4n) is 2.73. The van der Waals surface area contributed by atoms with Gasteiger partial charge in [-0.05, 0) is 31.5 Å². The number of ether oxygens (including phenoxy) is 1. The summed E-state index contributed by atoms with van der Waals surface area (Å²) >= 11 is 0. The summed E-state index contributed by atoms with van der Waals surface area (Å²) in [5.74, 6) is -0.639. The number of aromatic nitrogens is 1. The Morgan fingerprint density at radius 3 is 2.38 bits per heavy atom. The molecule has 0 fully saturated rings. The molecule has 0 saturated heterocycles. The summed E-state index contributed by atoms with van der Waals surface area (Å²) in [6.45, 7) is 3.69. The number of carbonyl (C=O) groups excluding carboxylic acids is 1. The Balaban J connectivity index is 2.69. The summed E-state index contributed by atoms with van der Waals surface area (Å²) in [5.41, 5.74) is 0.846. The number of carbonyl (C=O) groups is 1. The monoisotopic (exact) mass is 402 g/mol. The van der Waals surface area contributed by atoms with Crippen molar-refractivity contribution >= 4 is 42.6 Å². The molecular formula is C16H22N2O6S2. The molecule has 2 rings (SSSR count). The molecule has 26 heavy (non-hydrogen) atoms. The minimum Gasteiger partial charge on any atom is -0.462 e. The summed E-state index contributed by atoms with van der Waals surface area (Å²) in [5, 5.41) is 0.308. The van der Waals surface area contributed by atoms with Gasteiger partial charge in [-0.25, -0.2) is 25.6 Å². The van der Waals surface area contributed by atoms with Crippen LogP contribution in [0.25, 0.3) is 10.9 Å². The van der Waals surface area contributed by atoms with Crippen LogP contribution in [-0.2, 0) is 24.8 Å². The van der Waals surface area contributed by atoms with Crippen molar-refractivity contribution in [1.82, 2.24) is 3.97 Å². The first-order valence-corrected chi connectivity index (χ1v) is 11.7. The van der Waals surface area contributed by atoms with Crippen LogP contribution < -0.4 is 4.72 Å². The van der Waals surface area contributed by atoms with E-state index in [1.54, 1.807) is 0 Å². The number of sulfonamides is 1. The molecule has 1 aromatic heterocycles. The molecule has 0 amide bonds. The molecule has 1 aromatic carbocycles. The molecule has 0 unspecified atom stereocenters. The zero-order valence-electron chi connectivity index (χ0n) is 15.1. The highest BCUT2D eigenvalue weighted by Gasteiger charge is 2.25. The van der Waals surface area contributed by atoms with Crippen LogP contribution in [0.4, 0.5) is 5.69 Å². The summed E-state index contributed by atoms with van der Waals surface area (Å²) < 4.78 is 55.9. The van der Waals surface area contributed by atoms with E-state index in [1.165, 1.54) is 25.1 Å². The molecule has 1 heterocycles. The fraction of sp³-hybridized carbons (Fsp3) is 0.438. The van der Waals surface area contributed by atoms with E-state index in [9.17, 15) is 21.6 Å². The Labute approximate surface area is 153 Å². The third-order valence-corrected chi connectivity index (χ3v) is 5.46. The number of fused-ring (bicyclic) bond motifs is 1. The van der Waals surface area contributed by atoms with E-state index in [4.69, 9.17) is 4.74 Å². The molecule has 0 saturated carbocycles. The van der Waals surface area contributed by atoms with E-state index < -0.39 is 26.0 Å². The normalized spacial score (nSPS) is 12.3. The van der Waals surface area contributed by atoms with Crippen molar-refractivity contribution in [3.63, 3.8) is 0 Å². The van der Waals surface area contributed by atoms with E-state index in [1.807, 2.05) is 6.92 Å². The molecule has 1 N–H and O–H groups in total. The third-order valence-electron chi connectivity index (χ3n) is 3.72. The van der Waals surface area contributed by atoms with Crippen LogP contribution in [0, 0.1) is 6.92 Å². The highest BCUT2D eigenvalue weighted by atomic mass is 32.2. The van der Waals surface area contributed by atoms with E-state index >= 15 is 0 Å². The molecule has 8 nitrogen and oxygen atoms in total. The van der Waals surface area contributed by atoms with Gasteiger partial charge in [0.25, 0.3) is 0 Å². The first kappa shape index (κ1) is 20.2. The van der Waals surface area contributed by atoms with Crippen molar-refractivity contribution < 1.29 is 26.4 Å². The lowest BCUT2D eigenvalue weighted by Crippen LogP contribution is -2.13. The molecule has 144 valence electrons. The van der Waals surface area contributed by atoms with Crippen LogP contribution in [0.5, 0.6) is 0 Å².